The van der Waals surface area contributed by atoms with Crippen LogP contribution in [0.15, 0.2) is 54.6 Å². The Hall–Kier alpha value is -2.83. The minimum absolute atomic E-state index is 0.0482. The van der Waals surface area contributed by atoms with Crippen LogP contribution in [0, 0.1) is 0 Å². The van der Waals surface area contributed by atoms with Crippen molar-refractivity contribution in [1.82, 2.24) is 5.32 Å². The molecule has 27 heavy (non-hydrogen) atoms. The zero-order valence-electron chi connectivity index (χ0n) is 14.8. The van der Waals surface area contributed by atoms with Gasteiger partial charge in [-0.3, -0.25) is 4.79 Å². The van der Waals surface area contributed by atoms with E-state index in [2.05, 4.69) is 5.32 Å². The van der Waals surface area contributed by atoms with Crippen LogP contribution in [0.5, 0.6) is 0 Å². The zero-order chi connectivity index (χ0) is 19.9. The second-order valence-electron chi connectivity index (χ2n) is 6.14. The van der Waals surface area contributed by atoms with Gasteiger partial charge in [-0.2, -0.15) is 13.2 Å². The maximum Gasteiger partial charge on any atom is 0.416 e. The lowest BCUT2D eigenvalue weighted by Crippen LogP contribution is -2.36. The number of esters is 1. The highest BCUT2D eigenvalue weighted by atomic mass is 19.4. The topological polar surface area (TPSA) is 55.4 Å². The van der Waals surface area contributed by atoms with E-state index in [1.807, 2.05) is 37.3 Å². The number of hydrogen-bond acceptors (Lipinski definition) is 3. The van der Waals surface area contributed by atoms with E-state index in [0.29, 0.717) is 0 Å². The van der Waals surface area contributed by atoms with Crippen molar-refractivity contribution in [2.75, 3.05) is 6.61 Å². The number of alkyl halides is 3. The van der Waals surface area contributed by atoms with E-state index in [4.69, 9.17) is 4.74 Å². The molecule has 0 aliphatic carbocycles. The van der Waals surface area contributed by atoms with Gasteiger partial charge in [0.1, 0.15) is 0 Å². The second-order valence-corrected chi connectivity index (χ2v) is 6.14. The molecule has 0 saturated carbocycles. The standard InChI is InChI=1S/C20H20F3NO3/c1-14(7-8-15-5-3-2-4-6-15)24-18(25)13-27-19(26)16-9-11-17(12-10-16)20(21,22)23/h2-6,9-12,14H,7-8,13H2,1H3,(H,24,25)/t14-/m1/s1. The highest BCUT2D eigenvalue weighted by Gasteiger charge is 2.30. The molecule has 1 atom stereocenters. The van der Waals surface area contributed by atoms with Crippen LogP contribution >= 0.6 is 0 Å². The molecule has 0 aliphatic heterocycles. The molecule has 0 aliphatic rings. The molecular weight excluding hydrogens is 359 g/mol. The number of benzene rings is 2. The quantitative estimate of drug-likeness (QED) is 0.740. The third-order valence-corrected chi connectivity index (χ3v) is 3.90. The fourth-order valence-electron chi connectivity index (χ4n) is 2.43. The summed E-state index contributed by atoms with van der Waals surface area (Å²) in [5, 5.41) is 2.72. The van der Waals surface area contributed by atoms with E-state index >= 15 is 0 Å². The Morgan fingerprint density at radius 3 is 2.26 bits per heavy atom. The van der Waals surface area contributed by atoms with Crippen LogP contribution < -0.4 is 5.32 Å². The average Bonchev–Trinajstić information content (AvgIpc) is 2.64. The number of rotatable bonds is 7. The lowest BCUT2D eigenvalue weighted by atomic mass is 10.1. The van der Waals surface area contributed by atoms with E-state index in [1.54, 1.807) is 0 Å². The van der Waals surface area contributed by atoms with Crippen LogP contribution in [0.3, 0.4) is 0 Å². The predicted octanol–water partition coefficient (Wildman–Crippen LogP) is 4.00. The normalized spacial score (nSPS) is 12.3. The van der Waals surface area contributed by atoms with Crippen LogP contribution in [0.25, 0.3) is 0 Å². The van der Waals surface area contributed by atoms with Crippen molar-refractivity contribution >= 4 is 11.9 Å². The minimum Gasteiger partial charge on any atom is -0.452 e. The lowest BCUT2D eigenvalue weighted by Gasteiger charge is -2.14. The van der Waals surface area contributed by atoms with E-state index in [-0.39, 0.29) is 11.6 Å². The van der Waals surface area contributed by atoms with Crippen LogP contribution in [-0.4, -0.2) is 24.5 Å². The third-order valence-electron chi connectivity index (χ3n) is 3.90. The first kappa shape index (κ1) is 20.5. The van der Waals surface area contributed by atoms with Gasteiger partial charge in [0.2, 0.25) is 0 Å². The van der Waals surface area contributed by atoms with Crippen LogP contribution in [-0.2, 0) is 22.1 Å². The summed E-state index contributed by atoms with van der Waals surface area (Å²) < 4.78 is 42.3. The zero-order valence-corrected chi connectivity index (χ0v) is 14.8. The molecule has 4 nitrogen and oxygen atoms in total. The molecule has 0 heterocycles. The number of carbonyl (C=O) groups is 2. The maximum absolute atomic E-state index is 12.5. The molecule has 0 unspecified atom stereocenters. The summed E-state index contributed by atoms with van der Waals surface area (Å²) in [6.45, 7) is 1.36. The number of amides is 1. The van der Waals surface area contributed by atoms with Gasteiger partial charge < -0.3 is 10.1 Å². The number of ether oxygens (including phenoxy) is 1. The molecule has 1 amide bonds. The Balaban J connectivity index is 1.75. The van der Waals surface area contributed by atoms with E-state index in [0.717, 1.165) is 42.7 Å². The van der Waals surface area contributed by atoms with E-state index in [9.17, 15) is 22.8 Å². The summed E-state index contributed by atoms with van der Waals surface area (Å²) in [4.78, 5) is 23.7. The van der Waals surface area contributed by atoms with Gasteiger partial charge in [0.05, 0.1) is 11.1 Å². The fraction of sp³-hybridized carbons (Fsp3) is 0.300. The molecule has 0 bridgehead atoms. The Morgan fingerprint density at radius 2 is 1.67 bits per heavy atom. The first-order valence-electron chi connectivity index (χ1n) is 8.43. The summed E-state index contributed by atoms with van der Waals surface area (Å²) in [7, 11) is 0. The number of halogens is 3. The molecule has 0 aromatic heterocycles. The number of hydrogen-bond donors (Lipinski definition) is 1. The van der Waals surface area contributed by atoms with Crippen LogP contribution in [0.1, 0.15) is 34.8 Å². The van der Waals surface area contributed by atoms with Crippen molar-refractivity contribution in [3.63, 3.8) is 0 Å². The third kappa shape index (κ3) is 6.77. The largest absolute Gasteiger partial charge is 0.452 e. The van der Waals surface area contributed by atoms with Gasteiger partial charge in [-0.25, -0.2) is 4.79 Å². The fourth-order valence-corrected chi connectivity index (χ4v) is 2.43. The van der Waals surface area contributed by atoms with Gasteiger partial charge in [0.15, 0.2) is 6.61 Å². The molecular formula is C20H20F3NO3. The SMILES string of the molecule is C[C@H](CCc1ccccc1)NC(=O)COC(=O)c1ccc(C(F)(F)F)cc1. The Morgan fingerprint density at radius 1 is 1.04 bits per heavy atom. The first-order chi connectivity index (χ1) is 12.8. The summed E-state index contributed by atoms with van der Waals surface area (Å²) in [5.74, 6) is -1.31. The van der Waals surface area contributed by atoms with Gasteiger partial charge in [0.25, 0.3) is 5.91 Å². The highest BCUT2D eigenvalue weighted by Crippen LogP contribution is 2.29. The maximum atomic E-state index is 12.5. The smallest absolute Gasteiger partial charge is 0.416 e. The summed E-state index contributed by atoms with van der Waals surface area (Å²) >= 11 is 0. The molecule has 2 rings (SSSR count). The summed E-state index contributed by atoms with van der Waals surface area (Å²) in [6.07, 6.45) is -2.95. The molecule has 144 valence electrons. The molecule has 0 spiro atoms. The number of nitrogens with one attached hydrogen (secondary N) is 1. The van der Waals surface area contributed by atoms with E-state index in [1.165, 1.54) is 0 Å². The molecule has 0 saturated heterocycles. The molecule has 1 N–H and O–H groups in total. The van der Waals surface area contributed by atoms with Crippen molar-refractivity contribution in [2.24, 2.45) is 0 Å². The van der Waals surface area contributed by atoms with Crippen molar-refractivity contribution in [3.05, 3.63) is 71.3 Å². The Labute approximate surface area is 155 Å². The van der Waals surface area contributed by atoms with Gasteiger partial charge >= 0.3 is 12.1 Å². The molecule has 7 heteroatoms. The Bertz CT molecular complexity index is 758. The predicted molar refractivity (Wildman–Crippen MR) is 94.1 cm³/mol. The van der Waals surface area contributed by atoms with Crippen molar-refractivity contribution < 1.29 is 27.5 Å². The number of carbonyl (C=O) groups excluding carboxylic acids is 2. The number of aryl methyl sites for hydroxylation is 1. The lowest BCUT2D eigenvalue weighted by molar-refractivity contribution is -0.137. The minimum atomic E-state index is -4.47. The molecule has 2 aromatic rings. The monoisotopic (exact) mass is 379 g/mol. The van der Waals surface area contributed by atoms with Crippen molar-refractivity contribution in [1.29, 1.82) is 0 Å². The molecule has 0 radical (unpaired) electrons. The van der Waals surface area contributed by atoms with Gasteiger partial charge in [-0.1, -0.05) is 30.3 Å². The first-order valence-corrected chi connectivity index (χ1v) is 8.43. The average molecular weight is 379 g/mol. The highest BCUT2D eigenvalue weighted by molar-refractivity contribution is 5.91. The van der Waals surface area contributed by atoms with Crippen LogP contribution in [0.2, 0.25) is 0 Å². The van der Waals surface area contributed by atoms with Gasteiger partial charge in [-0.15, -0.1) is 0 Å². The summed E-state index contributed by atoms with van der Waals surface area (Å²) in [6, 6.07) is 13.3. The van der Waals surface area contributed by atoms with Crippen LogP contribution in [0.4, 0.5) is 13.2 Å². The Kier molecular flexibility index (Phi) is 6.98. The molecule has 2 aromatic carbocycles. The van der Waals surface area contributed by atoms with Crippen molar-refractivity contribution in [2.45, 2.75) is 32.0 Å². The molecule has 0 fully saturated rings. The van der Waals surface area contributed by atoms with Crippen molar-refractivity contribution in [3.8, 4) is 0 Å². The van der Waals surface area contributed by atoms with Gasteiger partial charge in [-0.05, 0) is 49.6 Å². The van der Waals surface area contributed by atoms with E-state index < -0.39 is 30.2 Å². The summed E-state index contributed by atoms with van der Waals surface area (Å²) in [5.41, 5.74) is 0.254. The van der Waals surface area contributed by atoms with Gasteiger partial charge in [0, 0.05) is 6.04 Å². The second kappa shape index (κ2) is 9.21.